The molecule has 2 N–H and O–H groups in total. The minimum atomic E-state index is -0.418. The lowest BCUT2D eigenvalue weighted by atomic mass is 9.87. The van der Waals surface area contributed by atoms with Gasteiger partial charge in [-0.3, -0.25) is 9.59 Å². The van der Waals surface area contributed by atoms with Crippen LogP contribution in [-0.4, -0.2) is 21.6 Å². The van der Waals surface area contributed by atoms with Crippen LogP contribution in [0, 0.1) is 0 Å². The summed E-state index contributed by atoms with van der Waals surface area (Å²) in [6.45, 7) is 3.63. The minimum absolute atomic E-state index is 0.148. The van der Waals surface area contributed by atoms with Gasteiger partial charge in [-0.15, -0.1) is 6.58 Å². The average Bonchev–Trinajstić information content (AvgIpc) is 2.54. The van der Waals surface area contributed by atoms with Gasteiger partial charge >= 0.3 is 0 Å². The van der Waals surface area contributed by atoms with Crippen molar-refractivity contribution in [2.75, 3.05) is 11.1 Å². The molecular formula is C16H13Cl2N3O2S. The molecule has 1 aromatic heterocycles. The van der Waals surface area contributed by atoms with Crippen molar-refractivity contribution in [2.45, 2.75) is 17.5 Å². The van der Waals surface area contributed by atoms with E-state index < -0.39 is 5.92 Å². The second-order valence-corrected chi connectivity index (χ2v) is 7.03. The number of carbonyl (C=O) groups excluding carboxylic acids is 1. The number of anilines is 1. The molecule has 0 spiro atoms. The van der Waals surface area contributed by atoms with Crippen LogP contribution in [0.5, 0.6) is 0 Å². The number of halogens is 2. The van der Waals surface area contributed by atoms with Crippen LogP contribution >= 0.6 is 35.0 Å². The van der Waals surface area contributed by atoms with Crippen molar-refractivity contribution < 1.29 is 4.79 Å². The number of aromatic amines is 1. The first kappa shape index (κ1) is 17.1. The van der Waals surface area contributed by atoms with E-state index in [1.807, 2.05) is 0 Å². The fraction of sp³-hybridized carbons (Fsp3) is 0.188. The van der Waals surface area contributed by atoms with Gasteiger partial charge in [0.25, 0.3) is 5.56 Å². The van der Waals surface area contributed by atoms with E-state index in [1.54, 1.807) is 24.3 Å². The largest absolute Gasteiger partial charge is 0.310 e. The highest BCUT2D eigenvalue weighted by atomic mass is 35.5. The molecule has 24 heavy (non-hydrogen) atoms. The summed E-state index contributed by atoms with van der Waals surface area (Å²) in [4.78, 5) is 31.7. The molecule has 0 aliphatic carbocycles. The Hall–Kier alpha value is -1.76. The van der Waals surface area contributed by atoms with Crippen LogP contribution in [0.4, 0.5) is 5.82 Å². The molecule has 0 fully saturated rings. The van der Waals surface area contributed by atoms with Crippen molar-refractivity contribution in [3.63, 3.8) is 0 Å². The Bertz CT molecular complexity index is 882. The Morgan fingerprint density at radius 3 is 2.83 bits per heavy atom. The Morgan fingerprint density at radius 2 is 2.12 bits per heavy atom. The monoisotopic (exact) mass is 381 g/mol. The van der Waals surface area contributed by atoms with Crippen LogP contribution in [0.1, 0.15) is 23.5 Å². The number of benzene rings is 1. The Balaban J connectivity index is 2.09. The highest BCUT2D eigenvalue weighted by Gasteiger charge is 2.31. The second-order valence-electron chi connectivity index (χ2n) is 5.21. The highest BCUT2D eigenvalue weighted by molar-refractivity contribution is 7.99. The number of fused-ring (bicyclic) bond motifs is 1. The van der Waals surface area contributed by atoms with E-state index in [-0.39, 0.29) is 23.7 Å². The van der Waals surface area contributed by atoms with Crippen molar-refractivity contribution in [3.8, 4) is 0 Å². The normalized spacial score (nSPS) is 16.4. The third-order valence-corrected chi connectivity index (χ3v) is 5.22. The fourth-order valence-electron chi connectivity index (χ4n) is 2.57. The van der Waals surface area contributed by atoms with Crippen molar-refractivity contribution in [1.29, 1.82) is 0 Å². The van der Waals surface area contributed by atoms with Gasteiger partial charge in [0.05, 0.1) is 15.6 Å². The molecule has 1 aliphatic heterocycles. The van der Waals surface area contributed by atoms with E-state index in [0.29, 0.717) is 26.5 Å². The number of carbonyl (C=O) groups is 1. The van der Waals surface area contributed by atoms with Crippen LogP contribution in [0.2, 0.25) is 10.0 Å². The zero-order chi connectivity index (χ0) is 17.3. The number of aromatic nitrogens is 2. The van der Waals surface area contributed by atoms with Gasteiger partial charge in [-0.05, 0) is 17.7 Å². The molecule has 2 aromatic rings. The number of amides is 1. The third kappa shape index (κ3) is 3.36. The van der Waals surface area contributed by atoms with E-state index in [9.17, 15) is 9.59 Å². The van der Waals surface area contributed by atoms with Gasteiger partial charge in [-0.2, -0.15) is 0 Å². The summed E-state index contributed by atoms with van der Waals surface area (Å²) >= 11 is 13.4. The summed E-state index contributed by atoms with van der Waals surface area (Å²) in [5.41, 5.74) is 0.901. The Morgan fingerprint density at radius 1 is 1.33 bits per heavy atom. The molecular weight excluding hydrogens is 369 g/mol. The predicted molar refractivity (Wildman–Crippen MR) is 97.3 cm³/mol. The number of nitrogens with zero attached hydrogens (tertiary/aromatic N) is 1. The second kappa shape index (κ2) is 7.01. The smallest absolute Gasteiger partial charge is 0.257 e. The first-order valence-corrected chi connectivity index (χ1v) is 8.86. The molecule has 8 heteroatoms. The van der Waals surface area contributed by atoms with E-state index in [2.05, 4.69) is 21.9 Å². The number of nitrogens with one attached hydrogen (secondary N) is 2. The highest BCUT2D eigenvalue weighted by Crippen LogP contribution is 2.36. The minimum Gasteiger partial charge on any atom is -0.310 e. The maximum Gasteiger partial charge on any atom is 0.257 e. The van der Waals surface area contributed by atoms with Crippen molar-refractivity contribution in [1.82, 2.24) is 9.97 Å². The first-order chi connectivity index (χ1) is 11.5. The van der Waals surface area contributed by atoms with Crippen molar-refractivity contribution >= 4 is 46.7 Å². The molecule has 3 rings (SSSR count). The number of thioether (sulfide) groups is 1. The van der Waals surface area contributed by atoms with Gasteiger partial charge in [0, 0.05) is 18.1 Å². The zero-order valence-electron chi connectivity index (χ0n) is 12.4. The maximum absolute atomic E-state index is 12.5. The zero-order valence-corrected chi connectivity index (χ0v) is 14.8. The van der Waals surface area contributed by atoms with Gasteiger partial charge in [0.15, 0.2) is 5.16 Å². The first-order valence-electron chi connectivity index (χ1n) is 7.12. The van der Waals surface area contributed by atoms with Crippen molar-refractivity contribution in [3.05, 3.63) is 62.4 Å². The maximum atomic E-state index is 12.5. The lowest BCUT2D eigenvalue weighted by molar-refractivity contribution is -0.116. The summed E-state index contributed by atoms with van der Waals surface area (Å²) in [6.07, 6.45) is 1.86. The lowest BCUT2D eigenvalue weighted by Gasteiger charge is -2.24. The van der Waals surface area contributed by atoms with Crippen LogP contribution in [0.25, 0.3) is 0 Å². The number of hydrogen-bond acceptors (Lipinski definition) is 4. The van der Waals surface area contributed by atoms with Crippen LogP contribution in [-0.2, 0) is 4.79 Å². The summed E-state index contributed by atoms with van der Waals surface area (Å²) in [6, 6.07) is 5.10. The molecule has 0 saturated heterocycles. The number of H-pyrrole nitrogens is 1. The van der Waals surface area contributed by atoms with Gasteiger partial charge in [0.1, 0.15) is 5.82 Å². The van der Waals surface area contributed by atoms with E-state index in [0.717, 1.165) is 5.56 Å². The lowest BCUT2D eigenvalue weighted by Crippen LogP contribution is -2.31. The van der Waals surface area contributed by atoms with E-state index >= 15 is 0 Å². The van der Waals surface area contributed by atoms with E-state index in [1.165, 1.54) is 11.8 Å². The van der Waals surface area contributed by atoms with Crippen LogP contribution in [0.15, 0.2) is 40.8 Å². The predicted octanol–water partition coefficient (Wildman–Crippen LogP) is 3.83. The van der Waals surface area contributed by atoms with E-state index in [4.69, 9.17) is 23.2 Å². The third-order valence-electron chi connectivity index (χ3n) is 3.61. The quantitative estimate of drug-likeness (QED) is 0.479. The number of hydrogen-bond donors (Lipinski definition) is 2. The van der Waals surface area contributed by atoms with Crippen molar-refractivity contribution in [2.24, 2.45) is 0 Å². The molecule has 0 radical (unpaired) electrons. The number of rotatable bonds is 4. The molecule has 1 amide bonds. The van der Waals surface area contributed by atoms with Gasteiger partial charge in [-0.1, -0.05) is 47.1 Å². The molecule has 1 unspecified atom stereocenters. The van der Waals surface area contributed by atoms with Gasteiger partial charge < -0.3 is 10.3 Å². The molecule has 2 heterocycles. The SMILES string of the molecule is C=CCSc1nc2c(c(=O)[nH]1)C(c1ccc(Cl)c(Cl)c1)CC(=O)N2. The molecule has 1 atom stereocenters. The Labute approximate surface area is 152 Å². The van der Waals surface area contributed by atoms with Gasteiger partial charge in [0.2, 0.25) is 5.91 Å². The fourth-order valence-corrected chi connectivity index (χ4v) is 3.47. The molecule has 1 aromatic carbocycles. The van der Waals surface area contributed by atoms with Crippen LogP contribution in [0.3, 0.4) is 0 Å². The summed E-state index contributed by atoms with van der Waals surface area (Å²) in [5, 5.41) is 3.91. The molecule has 1 aliphatic rings. The molecule has 124 valence electrons. The Kier molecular flexibility index (Phi) is 4.99. The molecule has 0 bridgehead atoms. The summed E-state index contributed by atoms with van der Waals surface area (Å²) in [7, 11) is 0. The topological polar surface area (TPSA) is 74.8 Å². The average molecular weight is 382 g/mol. The van der Waals surface area contributed by atoms with Gasteiger partial charge in [-0.25, -0.2) is 4.98 Å². The summed E-state index contributed by atoms with van der Waals surface area (Å²) < 4.78 is 0. The molecule has 5 nitrogen and oxygen atoms in total. The van der Waals surface area contributed by atoms with Crippen LogP contribution < -0.4 is 10.9 Å². The summed E-state index contributed by atoms with van der Waals surface area (Å²) in [5.74, 6) is 0.276. The molecule has 0 saturated carbocycles. The standard InChI is InChI=1S/C16H13Cl2N3O2S/c1-2-5-24-16-20-14-13(15(23)21-16)9(7-12(22)19-14)8-3-4-10(17)11(18)6-8/h2-4,6,9H,1,5,7H2,(H2,19,20,21,22,23).